The number of aromatic nitrogens is 1. The van der Waals surface area contributed by atoms with Crippen LogP contribution in [-0.4, -0.2) is 16.1 Å². The summed E-state index contributed by atoms with van der Waals surface area (Å²) in [5.74, 6) is 0.381. The topological polar surface area (TPSA) is 48.4 Å². The first-order valence-corrected chi connectivity index (χ1v) is 9.82. The molecule has 0 atom stereocenters. The fraction of sp³-hybridized carbons (Fsp3) is 0.182. The van der Waals surface area contributed by atoms with Crippen LogP contribution in [0.15, 0.2) is 60.8 Å². The summed E-state index contributed by atoms with van der Waals surface area (Å²) in [6.45, 7) is 2.08. The number of carbonyl (C=O) groups is 1. The van der Waals surface area contributed by atoms with Crippen LogP contribution in [0.1, 0.15) is 27.2 Å². The standard InChI is InChI=1S/C22H19BrFNO3/c1-15-9-19(24)20(25-12-15)14-27-17-7-8-18(21(26)11-23)22(10-17)28-13-16-5-3-2-4-6-16/h2-10,12H,11,13-14H2,1H3. The maximum Gasteiger partial charge on any atom is 0.177 e. The number of pyridine rings is 1. The summed E-state index contributed by atoms with van der Waals surface area (Å²) in [7, 11) is 0. The van der Waals surface area contributed by atoms with Crippen LogP contribution in [0.3, 0.4) is 0 Å². The third kappa shape index (κ3) is 5.16. The SMILES string of the molecule is Cc1cnc(COc2ccc(C(=O)CBr)c(OCc3ccccc3)c2)c(F)c1. The lowest BCUT2D eigenvalue weighted by Crippen LogP contribution is -2.07. The van der Waals surface area contributed by atoms with Gasteiger partial charge in [0, 0.05) is 12.3 Å². The van der Waals surface area contributed by atoms with Gasteiger partial charge in [-0.1, -0.05) is 46.3 Å². The highest BCUT2D eigenvalue weighted by molar-refractivity contribution is 9.09. The molecule has 2 aromatic carbocycles. The molecule has 6 heteroatoms. The molecule has 1 heterocycles. The minimum Gasteiger partial charge on any atom is -0.488 e. The Morgan fingerprint density at radius 3 is 2.57 bits per heavy atom. The number of rotatable bonds is 8. The van der Waals surface area contributed by atoms with Gasteiger partial charge in [-0.2, -0.15) is 0 Å². The van der Waals surface area contributed by atoms with Crippen LogP contribution in [0.4, 0.5) is 4.39 Å². The van der Waals surface area contributed by atoms with E-state index in [1.165, 1.54) is 6.07 Å². The summed E-state index contributed by atoms with van der Waals surface area (Å²) >= 11 is 3.19. The number of Topliss-reactive ketones (excluding diaryl/α,β-unsaturated/α-hetero) is 1. The highest BCUT2D eigenvalue weighted by Crippen LogP contribution is 2.27. The number of ether oxygens (including phenoxy) is 2. The zero-order valence-corrected chi connectivity index (χ0v) is 16.9. The van der Waals surface area contributed by atoms with Crippen LogP contribution >= 0.6 is 15.9 Å². The van der Waals surface area contributed by atoms with Crippen molar-refractivity contribution < 1.29 is 18.7 Å². The maximum absolute atomic E-state index is 13.9. The molecule has 0 saturated heterocycles. The number of halogens is 2. The monoisotopic (exact) mass is 443 g/mol. The molecular weight excluding hydrogens is 425 g/mol. The van der Waals surface area contributed by atoms with E-state index in [9.17, 15) is 9.18 Å². The highest BCUT2D eigenvalue weighted by Gasteiger charge is 2.14. The summed E-state index contributed by atoms with van der Waals surface area (Å²) in [4.78, 5) is 16.2. The van der Waals surface area contributed by atoms with Gasteiger partial charge in [-0.15, -0.1) is 0 Å². The normalized spacial score (nSPS) is 10.5. The first kappa shape index (κ1) is 20.0. The number of alkyl halides is 1. The van der Waals surface area contributed by atoms with Gasteiger partial charge in [0.15, 0.2) is 5.78 Å². The predicted octanol–water partition coefficient (Wildman–Crippen LogP) is 5.26. The summed E-state index contributed by atoms with van der Waals surface area (Å²) < 4.78 is 25.5. The molecule has 0 N–H and O–H groups in total. The second-order valence-electron chi connectivity index (χ2n) is 6.22. The first-order chi connectivity index (χ1) is 13.6. The molecule has 0 bridgehead atoms. The molecule has 0 aliphatic heterocycles. The van der Waals surface area contributed by atoms with Crippen LogP contribution in [0.5, 0.6) is 11.5 Å². The van der Waals surface area contributed by atoms with E-state index in [2.05, 4.69) is 20.9 Å². The van der Waals surface area contributed by atoms with Crippen LogP contribution in [0.25, 0.3) is 0 Å². The lowest BCUT2D eigenvalue weighted by Gasteiger charge is -2.13. The fourth-order valence-electron chi connectivity index (χ4n) is 2.57. The van der Waals surface area contributed by atoms with E-state index in [1.54, 1.807) is 31.3 Å². The Morgan fingerprint density at radius 2 is 1.86 bits per heavy atom. The number of carbonyl (C=O) groups excluding carboxylic acids is 1. The minimum atomic E-state index is -0.411. The van der Waals surface area contributed by atoms with Crippen molar-refractivity contribution in [2.24, 2.45) is 0 Å². The number of ketones is 1. The van der Waals surface area contributed by atoms with Crippen molar-refractivity contribution in [2.75, 3.05) is 5.33 Å². The van der Waals surface area contributed by atoms with Gasteiger partial charge in [-0.3, -0.25) is 9.78 Å². The van der Waals surface area contributed by atoms with Crippen molar-refractivity contribution >= 4 is 21.7 Å². The molecule has 4 nitrogen and oxygen atoms in total. The molecule has 0 saturated carbocycles. The van der Waals surface area contributed by atoms with Crippen LogP contribution < -0.4 is 9.47 Å². The number of hydrogen-bond donors (Lipinski definition) is 0. The third-order valence-electron chi connectivity index (χ3n) is 4.04. The predicted molar refractivity (Wildman–Crippen MR) is 109 cm³/mol. The Labute approximate surface area is 171 Å². The quantitative estimate of drug-likeness (QED) is 0.351. The third-order valence-corrected chi connectivity index (χ3v) is 4.55. The van der Waals surface area contributed by atoms with Crippen molar-refractivity contribution in [3.63, 3.8) is 0 Å². The lowest BCUT2D eigenvalue weighted by atomic mass is 10.1. The Balaban J connectivity index is 1.77. The van der Waals surface area contributed by atoms with Gasteiger partial charge < -0.3 is 9.47 Å². The molecule has 0 unspecified atom stereocenters. The van der Waals surface area contributed by atoms with Gasteiger partial charge in [0.2, 0.25) is 0 Å². The van der Waals surface area contributed by atoms with E-state index < -0.39 is 5.82 Å². The van der Waals surface area contributed by atoms with Gasteiger partial charge in [-0.25, -0.2) is 4.39 Å². The maximum atomic E-state index is 13.9. The van der Waals surface area contributed by atoms with Gasteiger partial charge in [0.05, 0.1) is 10.9 Å². The molecule has 0 aliphatic rings. The molecule has 0 radical (unpaired) electrons. The molecule has 3 rings (SSSR count). The Kier molecular flexibility index (Phi) is 6.76. The molecule has 1 aromatic heterocycles. The number of nitrogens with zero attached hydrogens (tertiary/aromatic N) is 1. The van der Waals surface area contributed by atoms with Crippen LogP contribution in [-0.2, 0) is 13.2 Å². The second-order valence-corrected chi connectivity index (χ2v) is 6.78. The summed E-state index contributed by atoms with van der Waals surface area (Å²) in [6, 6.07) is 16.0. The summed E-state index contributed by atoms with van der Waals surface area (Å²) in [5, 5.41) is 0.188. The van der Waals surface area contributed by atoms with E-state index in [1.807, 2.05) is 30.3 Å². The van der Waals surface area contributed by atoms with E-state index >= 15 is 0 Å². The Hall–Kier alpha value is -2.73. The first-order valence-electron chi connectivity index (χ1n) is 8.70. The Bertz CT molecular complexity index is 963. The van der Waals surface area contributed by atoms with Gasteiger partial charge >= 0.3 is 0 Å². The van der Waals surface area contributed by atoms with Gasteiger partial charge in [0.25, 0.3) is 0 Å². The zero-order valence-electron chi connectivity index (χ0n) is 15.3. The van der Waals surface area contributed by atoms with E-state index in [0.29, 0.717) is 23.7 Å². The molecule has 0 fully saturated rings. The average Bonchev–Trinajstić information content (AvgIpc) is 2.72. The smallest absolute Gasteiger partial charge is 0.177 e. The highest BCUT2D eigenvalue weighted by atomic mass is 79.9. The van der Waals surface area contributed by atoms with E-state index in [-0.39, 0.29) is 23.4 Å². The molecule has 0 aliphatic carbocycles. The van der Waals surface area contributed by atoms with E-state index in [0.717, 1.165) is 11.1 Å². The molecule has 0 spiro atoms. The van der Waals surface area contributed by atoms with Crippen molar-refractivity contribution in [2.45, 2.75) is 20.1 Å². The van der Waals surface area contributed by atoms with Crippen molar-refractivity contribution in [1.29, 1.82) is 0 Å². The molecular formula is C22H19BrFNO3. The molecule has 144 valence electrons. The van der Waals surface area contributed by atoms with Crippen LogP contribution in [0, 0.1) is 12.7 Å². The zero-order chi connectivity index (χ0) is 19.9. The summed E-state index contributed by atoms with van der Waals surface area (Å²) in [5.41, 5.74) is 2.41. The molecule has 0 amide bonds. The number of hydrogen-bond acceptors (Lipinski definition) is 4. The number of benzene rings is 2. The Morgan fingerprint density at radius 1 is 1.07 bits per heavy atom. The largest absolute Gasteiger partial charge is 0.488 e. The molecule has 28 heavy (non-hydrogen) atoms. The van der Waals surface area contributed by atoms with Crippen molar-refractivity contribution in [3.8, 4) is 11.5 Å². The van der Waals surface area contributed by atoms with Crippen LogP contribution in [0.2, 0.25) is 0 Å². The number of aryl methyl sites for hydroxylation is 1. The summed E-state index contributed by atoms with van der Waals surface area (Å²) in [6.07, 6.45) is 1.59. The fourth-order valence-corrected chi connectivity index (χ4v) is 2.87. The average molecular weight is 444 g/mol. The van der Waals surface area contributed by atoms with Gasteiger partial charge in [-0.05, 0) is 36.2 Å². The minimum absolute atomic E-state index is 0.0179. The van der Waals surface area contributed by atoms with Crippen molar-refractivity contribution in [1.82, 2.24) is 4.98 Å². The van der Waals surface area contributed by atoms with E-state index in [4.69, 9.17) is 9.47 Å². The lowest BCUT2D eigenvalue weighted by molar-refractivity contribution is 0.101. The van der Waals surface area contributed by atoms with Gasteiger partial charge in [0.1, 0.15) is 36.2 Å². The van der Waals surface area contributed by atoms with Crippen molar-refractivity contribution in [3.05, 3.63) is 89.0 Å². The second kappa shape index (κ2) is 9.46. The molecule has 3 aromatic rings.